The number of halogens is 3. The van der Waals surface area contributed by atoms with Gasteiger partial charge >= 0.3 is 6.36 Å². The summed E-state index contributed by atoms with van der Waals surface area (Å²) >= 11 is 0. The van der Waals surface area contributed by atoms with Gasteiger partial charge in [-0.25, -0.2) is 34.9 Å². The summed E-state index contributed by atoms with van der Waals surface area (Å²) in [6, 6.07) is 22.7. The highest BCUT2D eigenvalue weighted by molar-refractivity contribution is 6.06. The molecular formula is C55H60F3N17O3. The molecule has 4 aromatic carbocycles. The maximum atomic E-state index is 14.0. The molecule has 20 nitrogen and oxygen atoms in total. The average molecular weight is 1060 g/mol. The lowest BCUT2D eigenvalue weighted by atomic mass is 10.0. The molecule has 1 atom stereocenters. The lowest BCUT2D eigenvalue weighted by Crippen LogP contribution is -2.44. The minimum absolute atomic E-state index is 0.0964. The second-order valence-corrected chi connectivity index (χ2v) is 19.8. The standard InChI is InChI=1S/C55H60F3N17O3/c1-35-14-15-36(51(76)64-39-10-6-12-41(28-39)70(2)3)26-43(35)66-50-48-46(31-60-54(69-48)74-21-9-19-72(5)23-25-74)75(34-63-50)32-38-17-16-37(52(77)65-40-11-7-13-42(29-40)78-55(56,57)58)27-44(38)67-49-47-45(61-33-62-49)30-59-53(68-47)73-20-8-18-71(4)22-24-73/h6-7,10-17,26-31,33-34,46,66H,8-9,18-25,32H2,1-5H3,(H,64,76)(H,65,77)(H,61,62,67). The molecule has 0 aliphatic carbocycles. The Morgan fingerprint density at radius 1 is 0.744 bits per heavy atom. The molecule has 404 valence electrons. The normalized spacial score (nSPS) is 17.3. The van der Waals surface area contributed by atoms with Crippen LogP contribution in [-0.2, 0) is 6.54 Å². The zero-order chi connectivity index (χ0) is 54.5. The average Bonchev–Trinajstić information content (AvgIpc) is 3.92. The molecule has 0 spiro atoms. The van der Waals surface area contributed by atoms with E-state index < -0.39 is 24.1 Å². The number of aryl methyl sites for hydroxylation is 1. The highest BCUT2D eigenvalue weighted by Crippen LogP contribution is 2.33. The highest BCUT2D eigenvalue weighted by atomic mass is 19.4. The predicted octanol–water partition coefficient (Wildman–Crippen LogP) is 7.65. The molecule has 1 unspecified atom stereocenters. The third-order valence-electron chi connectivity index (χ3n) is 13.8. The molecule has 4 N–H and O–H groups in total. The van der Waals surface area contributed by atoms with E-state index in [-0.39, 0.29) is 23.7 Å². The number of carbonyl (C=O) groups excluding carboxylic acids is 2. The number of guanidine groups is 1. The van der Waals surface area contributed by atoms with Crippen LogP contribution in [0.5, 0.6) is 5.75 Å². The van der Waals surface area contributed by atoms with Crippen LogP contribution in [0.3, 0.4) is 0 Å². The van der Waals surface area contributed by atoms with Crippen molar-refractivity contribution >= 4 is 81.6 Å². The van der Waals surface area contributed by atoms with Crippen molar-refractivity contribution in [2.45, 2.75) is 38.7 Å². The van der Waals surface area contributed by atoms with Gasteiger partial charge in [0.1, 0.15) is 34.8 Å². The molecule has 6 aromatic rings. The van der Waals surface area contributed by atoms with Gasteiger partial charge in [-0.05, 0) is 113 Å². The number of nitrogens with one attached hydrogen (secondary N) is 4. The van der Waals surface area contributed by atoms with Crippen LogP contribution in [0, 0.1) is 6.92 Å². The number of hydrogen-bond donors (Lipinski definition) is 4. The van der Waals surface area contributed by atoms with Crippen LogP contribution in [0.15, 0.2) is 124 Å². The fourth-order valence-corrected chi connectivity index (χ4v) is 9.45. The van der Waals surface area contributed by atoms with Gasteiger partial charge in [0.2, 0.25) is 11.9 Å². The number of anilines is 7. The first-order valence-electron chi connectivity index (χ1n) is 25.6. The molecule has 0 radical (unpaired) electrons. The van der Waals surface area contributed by atoms with Crippen molar-refractivity contribution in [3.63, 3.8) is 0 Å². The Bertz CT molecular complexity index is 3350. The Balaban J connectivity index is 0.986. The van der Waals surface area contributed by atoms with Crippen LogP contribution in [0.1, 0.15) is 44.7 Å². The van der Waals surface area contributed by atoms with E-state index in [4.69, 9.17) is 20.0 Å². The predicted molar refractivity (Wildman–Crippen MR) is 298 cm³/mol. The molecular weight excluding hydrogens is 1000 g/mol. The van der Waals surface area contributed by atoms with Gasteiger partial charge in [-0.2, -0.15) is 0 Å². The fourth-order valence-electron chi connectivity index (χ4n) is 9.45. The van der Waals surface area contributed by atoms with Crippen LogP contribution in [0.4, 0.5) is 53.4 Å². The van der Waals surface area contributed by atoms with E-state index >= 15 is 0 Å². The van der Waals surface area contributed by atoms with Crippen LogP contribution in [-0.4, -0.2) is 163 Å². The first-order chi connectivity index (χ1) is 37.6. The molecule has 2 saturated heterocycles. The maximum absolute atomic E-state index is 14.0. The summed E-state index contributed by atoms with van der Waals surface area (Å²) in [6.45, 7) is 8.76. The number of aliphatic imine (C=N–C) groups is 3. The van der Waals surface area contributed by atoms with Gasteiger partial charge in [-0.15, -0.1) is 13.2 Å². The van der Waals surface area contributed by atoms with Crippen molar-refractivity contribution in [2.75, 3.05) is 112 Å². The van der Waals surface area contributed by atoms with Gasteiger partial charge in [0.05, 0.1) is 12.5 Å². The number of benzene rings is 4. The van der Waals surface area contributed by atoms with Gasteiger partial charge in [-0.3, -0.25) is 9.59 Å². The Hall–Kier alpha value is -8.70. The lowest BCUT2D eigenvalue weighted by Gasteiger charge is -2.35. The van der Waals surface area contributed by atoms with Crippen LogP contribution in [0.2, 0.25) is 0 Å². The fraction of sp³-hybridized carbons (Fsp3) is 0.327. The van der Waals surface area contributed by atoms with Crippen LogP contribution in [0.25, 0.3) is 11.0 Å². The quantitative estimate of drug-likeness (QED) is 0.0879. The number of hydrogen-bond acceptors (Lipinski definition) is 18. The summed E-state index contributed by atoms with van der Waals surface area (Å²) in [7, 11) is 8.08. The number of fused-ring (bicyclic) bond motifs is 2. The topological polar surface area (TPSA) is 200 Å². The molecule has 4 aliphatic rings. The number of carbonyl (C=O) groups is 2. The summed E-state index contributed by atoms with van der Waals surface area (Å²) in [5, 5.41) is 12.7. The Morgan fingerprint density at radius 2 is 1.44 bits per heavy atom. The number of nitrogens with zero attached hydrogens (tertiary/aromatic N) is 13. The zero-order valence-electron chi connectivity index (χ0n) is 43.9. The van der Waals surface area contributed by atoms with E-state index in [2.05, 4.69) is 74.7 Å². The number of ether oxygens (including phenoxy) is 1. The van der Waals surface area contributed by atoms with Crippen LogP contribution >= 0.6 is 0 Å². The molecule has 2 aromatic heterocycles. The highest BCUT2D eigenvalue weighted by Gasteiger charge is 2.33. The van der Waals surface area contributed by atoms with E-state index in [1.54, 1.807) is 42.9 Å². The Morgan fingerprint density at radius 3 is 2.18 bits per heavy atom. The van der Waals surface area contributed by atoms with Crippen molar-refractivity contribution in [1.82, 2.24) is 39.5 Å². The molecule has 2 fully saturated rings. The van der Waals surface area contributed by atoms with Crippen molar-refractivity contribution in [1.29, 1.82) is 0 Å². The summed E-state index contributed by atoms with van der Waals surface area (Å²) < 4.78 is 43.5. The molecule has 2 amide bonds. The second-order valence-electron chi connectivity index (χ2n) is 19.8. The lowest BCUT2D eigenvalue weighted by molar-refractivity contribution is -0.274. The Kier molecular flexibility index (Phi) is 15.5. The van der Waals surface area contributed by atoms with Crippen molar-refractivity contribution < 1.29 is 27.5 Å². The minimum Gasteiger partial charge on any atom is -0.406 e. The van der Waals surface area contributed by atoms with E-state index in [1.165, 1.54) is 18.5 Å². The first-order valence-corrected chi connectivity index (χ1v) is 25.6. The van der Waals surface area contributed by atoms with Crippen LogP contribution < -0.4 is 35.8 Å². The van der Waals surface area contributed by atoms with Gasteiger partial charge < -0.3 is 55.4 Å². The number of alkyl halides is 3. The minimum atomic E-state index is -4.92. The van der Waals surface area contributed by atoms with Crippen molar-refractivity contribution in [3.8, 4) is 5.75 Å². The van der Waals surface area contributed by atoms with Gasteiger partial charge in [-0.1, -0.05) is 24.3 Å². The summed E-state index contributed by atoms with van der Waals surface area (Å²) in [6.07, 6.45) is 3.61. The molecule has 0 saturated carbocycles. The summed E-state index contributed by atoms with van der Waals surface area (Å²) in [4.78, 5) is 74.6. The van der Waals surface area contributed by atoms with Crippen molar-refractivity contribution in [2.24, 2.45) is 15.0 Å². The smallest absolute Gasteiger partial charge is 0.406 e. The van der Waals surface area contributed by atoms with Gasteiger partial charge in [0.25, 0.3) is 11.8 Å². The van der Waals surface area contributed by atoms with E-state index in [0.717, 1.165) is 88.6 Å². The third-order valence-corrected chi connectivity index (χ3v) is 13.8. The maximum Gasteiger partial charge on any atom is 0.573 e. The van der Waals surface area contributed by atoms with Gasteiger partial charge in [0.15, 0.2) is 11.6 Å². The van der Waals surface area contributed by atoms with Crippen molar-refractivity contribution in [3.05, 3.63) is 131 Å². The molecule has 4 aliphatic heterocycles. The number of amides is 2. The number of likely N-dealkylation sites (N-methyl/N-ethyl adjacent to an activating group) is 2. The first kappa shape index (κ1) is 52.7. The zero-order valence-corrected chi connectivity index (χ0v) is 43.9. The van der Waals surface area contributed by atoms with E-state index in [9.17, 15) is 22.8 Å². The monoisotopic (exact) mass is 1060 g/mol. The summed E-state index contributed by atoms with van der Waals surface area (Å²) in [5.41, 5.74) is 6.62. The molecule has 10 rings (SSSR count). The van der Waals surface area contributed by atoms with Gasteiger partial charge in [0, 0.05) is 112 Å². The number of aromatic nitrogens is 4. The Labute approximate surface area is 449 Å². The summed E-state index contributed by atoms with van der Waals surface area (Å²) in [5.74, 6) is 0.589. The second kappa shape index (κ2) is 22.9. The largest absolute Gasteiger partial charge is 0.573 e. The number of rotatable bonds is 13. The van der Waals surface area contributed by atoms with E-state index in [1.807, 2.05) is 67.4 Å². The third kappa shape index (κ3) is 12.6. The van der Waals surface area contributed by atoms with E-state index in [0.29, 0.717) is 68.5 Å². The SMILES string of the molecule is Cc1ccc(C(=O)Nc2cccc(N(C)C)c2)cc1NC1=C2N=C(N3CCCN(C)CC3)N=CC2N(Cc2ccc(C(=O)Nc3cccc(OC(F)(F)F)c3)cc2Nc2ncnc3cnc(N4CCCN(C)CC4)nc23)C=N1. The molecule has 0 bridgehead atoms. The molecule has 23 heteroatoms. The molecule has 6 heterocycles. The molecule has 78 heavy (non-hydrogen) atoms.